The van der Waals surface area contributed by atoms with E-state index in [0.717, 1.165) is 0 Å². The SMILES string of the molecule is CC(O)(CBr)C(C)(O)CBr. The lowest BCUT2D eigenvalue weighted by Gasteiger charge is -2.35. The van der Waals surface area contributed by atoms with E-state index in [2.05, 4.69) is 31.9 Å². The van der Waals surface area contributed by atoms with Gasteiger partial charge in [-0.05, 0) is 13.8 Å². The molecule has 0 heterocycles. The van der Waals surface area contributed by atoms with Crippen LogP contribution in [0.5, 0.6) is 0 Å². The minimum Gasteiger partial charge on any atom is -0.386 e. The van der Waals surface area contributed by atoms with Gasteiger partial charge < -0.3 is 10.2 Å². The topological polar surface area (TPSA) is 40.5 Å². The second-order valence-electron chi connectivity index (χ2n) is 2.81. The number of rotatable bonds is 3. The first-order valence-corrected chi connectivity index (χ1v) is 5.18. The molecule has 0 aromatic carbocycles. The third-order valence-corrected chi connectivity index (χ3v) is 3.86. The predicted octanol–water partition coefficient (Wildman–Crippen LogP) is 1.28. The fraction of sp³-hybridized carbons (Fsp3) is 1.00. The quantitative estimate of drug-likeness (QED) is 0.762. The maximum Gasteiger partial charge on any atom is 0.101 e. The van der Waals surface area contributed by atoms with Crippen molar-refractivity contribution in [3.8, 4) is 0 Å². The Hall–Kier alpha value is 0.880. The van der Waals surface area contributed by atoms with Gasteiger partial charge in [0, 0.05) is 10.7 Å². The van der Waals surface area contributed by atoms with Crippen molar-refractivity contribution in [1.82, 2.24) is 0 Å². The number of hydrogen-bond acceptors (Lipinski definition) is 2. The van der Waals surface area contributed by atoms with E-state index in [-0.39, 0.29) is 0 Å². The molecule has 0 rings (SSSR count). The standard InChI is InChI=1S/C6H12Br2O2/c1-5(9,3-7)6(2,10)4-8/h9-10H,3-4H2,1-2H3. The number of alkyl halides is 2. The Morgan fingerprint density at radius 1 is 1.00 bits per heavy atom. The minimum absolute atomic E-state index is 0.360. The number of halogens is 2. The van der Waals surface area contributed by atoms with Crippen molar-refractivity contribution in [3.05, 3.63) is 0 Å². The number of hydrogen-bond donors (Lipinski definition) is 2. The Morgan fingerprint density at radius 3 is 1.30 bits per heavy atom. The van der Waals surface area contributed by atoms with Crippen LogP contribution in [0.15, 0.2) is 0 Å². The lowest BCUT2D eigenvalue weighted by atomic mass is 9.90. The van der Waals surface area contributed by atoms with Crippen LogP contribution in [0.2, 0.25) is 0 Å². The molecule has 0 aliphatic carbocycles. The first kappa shape index (κ1) is 10.9. The van der Waals surface area contributed by atoms with Gasteiger partial charge in [0.15, 0.2) is 0 Å². The Kier molecular flexibility index (Phi) is 3.83. The summed E-state index contributed by atoms with van der Waals surface area (Å²) in [5, 5.41) is 19.8. The molecule has 0 aliphatic heterocycles. The average molecular weight is 276 g/mol. The van der Waals surface area contributed by atoms with Crippen molar-refractivity contribution < 1.29 is 10.2 Å². The van der Waals surface area contributed by atoms with Gasteiger partial charge in [-0.25, -0.2) is 0 Å². The van der Waals surface area contributed by atoms with Crippen LogP contribution < -0.4 is 0 Å². The summed E-state index contributed by atoms with van der Waals surface area (Å²) in [7, 11) is 0. The van der Waals surface area contributed by atoms with Gasteiger partial charge in [-0.3, -0.25) is 0 Å². The Bertz CT molecular complexity index is 98.3. The highest BCUT2D eigenvalue weighted by Crippen LogP contribution is 2.25. The van der Waals surface area contributed by atoms with Gasteiger partial charge in [-0.15, -0.1) is 0 Å². The zero-order valence-corrected chi connectivity index (χ0v) is 9.24. The van der Waals surface area contributed by atoms with E-state index in [0.29, 0.717) is 10.7 Å². The van der Waals surface area contributed by atoms with Gasteiger partial charge in [0.25, 0.3) is 0 Å². The van der Waals surface area contributed by atoms with Crippen LogP contribution in [-0.2, 0) is 0 Å². The molecule has 62 valence electrons. The highest BCUT2D eigenvalue weighted by Gasteiger charge is 2.39. The van der Waals surface area contributed by atoms with E-state index in [1.165, 1.54) is 0 Å². The lowest BCUT2D eigenvalue weighted by molar-refractivity contribution is -0.0992. The average Bonchev–Trinajstić information content (AvgIpc) is 1.88. The molecule has 4 heteroatoms. The molecule has 0 aromatic heterocycles. The van der Waals surface area contributed by atoms with Crippen LogP contribution >= 0.6 is 31.9 Å². The maximum absolute atomic E-state index is 9.52. The molecule has 0 aliphatic rings. The summed E-state index contributed by atoms with van der Waals surface area (Å²) < 4.78 is 0. The first-order chi connectivity index (χ1) is 4.37. The Balaban J connectivity index is 4.28. The lowest BCUT2D eigenvalue weighted by Crippen LogP contribution is -2.52. The van der Waals surface area contributed by atoms with E-state index in [4.69, 9.17) is 0 Å². The second kappa shape index (κ2) is 3.52. The van der Waals surface area contributed by atoms with Crippen LogP contribution in [-0.4, -0.2) is 32.1 Å². The molecule has 0 saturated carbocycles. The molecule has 0 spiro atoms. The number of aliphatic hydroxyl groups is 2. The molecule has 10 heavy (non-hydrogen) atoms. The summed E-state index contributed by atoms with van der Waals surface area (Å²) in [4.78, 5) is 0. The van der Waals surface area contributed by atoms with Gasteiger partial charge in [0.1, 0.15) is 11.2 Å². The molecule has 0 saturated heterocycles. The fourth-order valence-corrected chi connectivity index (χ4v) is 1.50. The molecule has 2 nitrogen and oxygen atoms in total. The van der Waals surface area contributed by atoms with Crippen molar-refractivity contribution in [2.75, 3.05) is 10.7 Å². The molecular formula is C6H12Br2O2. The highest BCUT2D eigenvalue weighted by atomic mass is 79.9. The largest absolute Gasteiger partial charge is 0.386 e. The molecule has 0 radical (unpaired) electrons. The molecule has 0 aromatic rings. The van der Waals surface area contributed by atoms with Crippen LogP contribution in [0.4, 0.5) is 0 Å². The third kappa shape index (κ3) is 2.19. The molecule has 0 amide bonds. The van der Waals surface area contributed by atoms with Crippen LogP contribution in [0.1, 0.15) is 13.8 Å². The van der Waals surface area contributed by atoms with Gasteiger partial charge in [-0.2, -0.15) is 0 Å². The third-order valence-electron chi connectivity index (χ3n) is 1.68. The summed E-state index contributed by atoms with van der Waals surface area (Å²) in [5.74, 6) is 0. The van der Waals surface area contributed by atoms with E-state index in [1.807, 2.05) is 0 Å². The summed E-state index contributed by atoms with van der Waals surface area (Å²) in [6.07, 6.45) is 0. The maximum atomic E-state index is 9.52. The van der Waals surface area contributed by atoms with Gasteiger partial charge in [0.05, 0.1) is 0 Å². The van der Waals surface area contributed by atoms with Crippen molar-refractivity contribution >= 4 is 31.9 Å². The van der Waals surface area contributed by atoms with Gasteiger partial charge >= 0.3 is 0 Å². The van der Waals surface area contributed by atoms with Crippen molar-refractivity contribution in [1.29, 1.82) is 0 Å². The first-order valence-electron chi connectivity index (χ1n) is 2.94. The minimum atomic E-state index is -1.09. The Morgan fingerprint density at radius 2 is 1.20 bits per heavy atom. The van der Waals surface area contributed by atoms with Crippen LogP contribution in [0.3, 0.4) is 0 Å². The molecular weight excluding hydrogens is 264 g/mol. The highest BCUT2D eigenvalue weighted by molar-refractivity contribution is 9.09. The second-order valence-corrected chi connectivity index (χ2v) is 3.94. The predicted molar refractivity (Wildman–Crippen MR) is 48.8 cm³/mol. The van der Waals surface area contributed by atoms with E-state index < -0.39 is 11.2 Å². The zero-order valence-electron chi connectivity index (χ0n) is 6.06. The van der Waals surface area contributed by atoms with E-state index >= 15 is 0 Å². The Labute approximate surface area is 77.9 Å². The van der Waals surface area contributed by atoms with Gasteiger partial charge in [0.2, 0.25) is 0 Å². The van der Waals surface area contributed by atoms with Crippen LogP contribution in [0.25, 0.3) is 0 Å². The summed E-state index contributed by atoms with van der Waals surface area (Å²) >= 11 is 6.23. The fourth-order valence-electron chi connectivity index (χ4n) is 0.288. The van der Waals surface area contributed by atoms with Gasteiger partial charge in [-0.1, -0.05) is 31.9 Å². The zero-order chi connectivity index (χ0) is 8.41. The smallest absolute Gasteiger partial charge is 0.101 e. The summed E-state index contributed by atoms with van der Waals surface area (Å²) in [6, 6.07) is 0. The summed E-state index contributed by atoms with van der Waals surface area (Å²) in [5.41, 5.74) is -2.17. The van der Waals surface area contributed by atoms with E-state index in [9.17, 15) is 10.2 Å². The van der Waals surface area contributed by atoms with Crippen molar-refractivity contribution in [2.24, 2.45) is 0 Å². The van der Waals surface area contributed by atoms with E-state index in [1.54, 1.807) is 13.8 Å². The van der Waals surface area contributed by atoms with Crippen molar-refractivity contribution in [3.63, 3.8) is 0 Å². The summed E-state index contributed by atoms with van der Waals surface area (Å²) in [6.45, 7) is 3.17. The molecule has 2 N–H and O–H groups in total. The normalized spacial score (nSPS) is 23.4. The molecule has 2 unspecified atom stereocenters. The molecule has 2 atom stereocenters. The molecule has 0 fully saturated rings. The monoisotopic (exact) mass is 274 g/mol. The van der Waals surface area contributed by atoms with Crippen molar-refractivity contribution in [2.45, 2.75) is 25.0 Å². The van der Waals surface area contributed by atoms with Crippen LogP contribution in [0, 0.1) is 0 Å². The molecule has 0 bridgehead atoms.